The maximum Gasteiger partial charge on any atom is 0.407 e. The fourth-order valence-electron chi connectivity index (χ4n) is 1.16. The van der Waals surface area contributed by atoms with Crippen molar-refractivity contribution in [3.05, 3.63) is 29.8 Å². The van der Waals surface area contributed by atoms with Gasteiger partial charge in [0.2, 0.25) is 0 Å². The van der Waals surface area contributed by atoms with E-state index in [0.29, 0.717) is 0 Å². The summed E-state index contributed by atoms with van der Waals surface area (Å²) in [5.74, 6) is -0.463. The van der Waals surface area contributed by atoms with Gasteiger partial charge in [0.25, 0.3) is 0 Å². The third-order valence-corrected chi connectivity index (χ3v) is 3.58. The monoisotopic (exact) mass is 257 g/mol. The molecule has 1 aromatic rings. The standard InChI is InChI=1S/C11H15NO4S/c1-3-16-11(13)12-8-17(14,15)10-6-4-9(2)5-7-10/h4-7H,3,8H2,1-2H3,(H,12,13). The van der Waals surface area contributed by atoms with E-state index in [-0.39, 0.29) is 11.5 Å². The third-order valence-electron chi connectivity index (χ3n) is 2.06. The Hall–Kier alpha value is -1.56. The van der Waals surface area contributed by atoms with E-state index in [1.807, 2.05) is 6.92 Å². The summed E-state index contributed by atoms with van der Waals surface area (Å²) in [4.78, 5) is 11.2. The molecular weight excluding hydrogens is 242 g/mol. The Bertz CT molecular complexity index is 479. The first kappa shape index (κ1) is 13.5. The van der Waals surface area contributed by atoms with Gasteiger partial charge in [-0.2, -0.15) is 0 Å². The molecule has 0 saturated carbocycles. The lowest BCUT2D eigenvalue weighted by molar-refractivity contribution is 0.154. The first-order valence-electron chi connectivity index (χ1n) is 5.16. The number of hydrogen-bond donors (Lipinski definition) is 1. The van der Waals surface area contributed by atoms with Crippen LogP contribution in [0, 0.1) is 6.92 Å². The molecule has 0 aliphatic rings. The second-order valence-electron chi connectivity index (χ2n) is 3.47. The molecule has 0 aromatic heterocycles. The van der Waals surface area contributed by atoms with Crippen molar-refractivity contribution in [3.8, 4) is 0 Å². The van der Waals surface area contributed by atoms with Crippen LogP contribution in [-0.2, 0) is 14.6 Å². The molecule has 0 fully saturated rings. The number of benzene rings is 1. The molecule has 0 saturated heterocycles. The van der Waals surface area contributed by atoms with Gasteiger partial charge in [-0.15, -0.1) is 0 Å². The van der Waals surface area contributed by atoms with Crippen LogP contribution in [0.1, 0.15) is 12.5 Å². The molecule has 0 heterocycles. The second kappa shape index (κ2) is 5.67. The molecule has 0 spiro atoms. The van der Waals surface area contributed by atoms with Gasteiger partial charge in [-0.25, -0.2) is 13.2 Å². The summed E-state index contributed by atoms with van der Waals surface area (Å²) in [6, 6.07) is 6.43. The van der Waals surface area contributed by atoms with Crippen molar-refractivity contribution in [2.45, 2.75) is 18.7 Å². The van der Waals surface area contributed by atoms with Crippen molar-refractivity contribution in [2.75, 3.05) is 12.5 Å². The zero-order chi connectivity index (χ0) is 12.9. The largest absolute Gasteiger partial charge is 0.450 e. The van der Waals surface area contributed by atoms with Crippen molar-refractivity contribution >= 4 is 15.9 Å². The van der Waals surface area contributed by atoms with Crippen molar-refractivity contribution in [2.24, 2.45) is 0 Å². The van der Waals surface area contributed by atoms with Crippen molar-refractivity contribution < 1.29 is 17.9 Å². The molecule has 6 heteroatoms. The van der Waals surface area contributed by atoms with Crippen LogP contribution in [0.3, 0.4) is 0 Å². The number of aryl methyl sites for hydroxylation is 1. The first-order chi connectivity index (χ1) is 7.95. The van der Waals surface area contributed by atoms with E-state index in [0.717, 1.165) is 5.56 Å². The average Bonchev–Trinajstić information content (AvgIpc) is 2.28. The van der Waals surface area contributed by atoms with Crippen LogP contribution in [0.2, 0.25) is 0 Å². The van der Waals surface area contributed by atoms with Gasteiger partial charge in [0, 0.05) is 0 Å². The minimum Gasteiger partial charge on any atom is -0.450 e. The van der Waals surface area contributed by atoms with Gasteiger partial charge in [-0.05, 0) is 26.0 Å². The Labute approximate surface area is 101 Å². The number of amides is 1. The highest BCUT2D eigenvalue weighted by atomic mass is 32.2. The summed E-state index contributed by atoms with van der Waals surface area (Å²) in [6.45, 7) is 3.72. The highest BCUT2D eigenvalue weighted by molar-refractivity contribution is 7.91. The van der Waals surface area contributed by atoms with E-state index in [9.17, 15) is 13.2 Å². The second-order valence-corrected chi connectivity index (χ2v) is 5.46. The highest BCUT2D eigenvalue weighted by Crippen LogP contribution is 2.11. The lowest BCUT2D eigenvalue weighted by Gasteiger charge is -2.06. The van der Waals surface area contributed by atoms with E-state index in [1.165, 1.54) is 12.1 Å². The highest BCUT2D eigenvalue weighted by Gasteiger charge is 2.15. The molecular formula is C11H15NO4S. The minimum absolute atomic E-state index is 0.180. The number of carbonyl (C=O) groups is 1. The van der Waals surface area contributed by atoms with Gasteiger partial charge in [0.05, 0.1) is 11.5 Å². The average molecular weight is 257 g/mol. The topological polar surface area (TPSA) is 72.5 Å². The zero-order valence-corrected chi connectivity index (χ0v) is 10.6. The molecule has 0 unspecified atom stereocenters. The minimum atomic E-state index is -3.50. The molecule has 0 aliphatic carbocycles. The Balaban J connectivity index is 2.69. The molecule has 0 aliphatic heterocycles. The fraction of sp³-hybridized carbons (Fsp3) is 0.364. The number of carbonyl (C=O) groups excluding carboxylic acids is 1. The third kappa shape index (κ3) is 4.07. The van der Waals surface area contributed by atoms with Crippen molar-refractivity contribution in [3.63, 3.8) is 0 Å². The number of sulfone groups is 1. The maximum atomic E-state index is 11.8. The van der Waals surface area contributed by atoms with Gasteiger partial charge in [-0.3, -0.25) is 0 Å². The van der Waals surface area contributed by atoms with E-state index in [1.54, 1.807) is 19.1 Å². The van der Waals surface area contributed by atoms with Gasteiger partial charge in [0.1, 0.15) is 5.88 Å². The van der Waals surface area contributed by atoms with Gasteiger partial charge in [0.15, 0.2) is 9.84 Å². The van der Waals surface area contributed by atoms with Crippen LogP contribution in [-0.4, -0.2) is 27.0 Å². The molecule has 5 nitrogen and oxygen atoms in total. The van der Waals surface area contributed by atoms with Crippen LogP contribution in [0.5, 0.6) is 0 Å². The van der Waals surface area contributed by atoms with Gasteiger partial charge >= 0.3 is 6.09 Å². The quantitative estimate of drug-likeness (QED) is 0.886. The Morgan fingerprint density at radius 1 is 1.29 bits per heavy atom. The van der Waals surface area contributed by atoms with Gasteiger partial charge < -0.3 is 10.1 Å². The summed E-state index contributed by atoms with van der Waals surface area (Å²) in [7, 11) is -3.50. The normalized spacial score (nSPS) is 10.9. The van der Waals surface area contributed by atoms with E-state index in [2.05, 4.69) is 10.1 Å². The summed E-state index contributed by atoms with van der Waals surface area (Å²) in [6.07, 6.45) is -0.733. The smallest absolute Gasteiger partial charge is 0.407 e. The molecule has 1 N–H and O–H groups in total. The summed E-state index contributed by atoms with van der Waals surface area (Å²) < 4.78 is 28.1. The molecule has 1 amide bonds. The Kier molecular flexibility index (Phi) is 4.51. The molecule has 0 radical (unpaired) electrons. The number of rotatable bonds is 4. The number of nitrogens with one attached hydrogen (secondary N) is 1. The van der Waals surface area contributed by atoms with Crippen molar-refractivity contribution in [1.82, 2.24) is 5.32 Å². The van der Waals surface area contributed by atoms with E-state index >= 15 is 0 Å². The molecule has 0 atom stereocenters. The molecule has 94 valence electrons. The first-order valence-corrected chi connectivity index (χ1v) is 6.81. The van der Waals surface area contributed by atoms with Crippen LogP contribution >= 0.6 is 0 Å². The predicted molar refractivity (Wildman–Crippen MR) is 63.4 cm³/mol. The van der Waals surface area contributed by atoms with Gasteiger partial charge in [-0.1, -0.05) is 17.7 Å². The van der Waals surface area contributed by atoms with Crippen molar-refractivity contribution in [1.29, 1.82) is 0 Å². The lowest BCUT2D eigenvalue weighted by Crippen LogP contribution is -2.30. The molecule has 0 bridgehead atoms. The van der Waals surface area contributed by atoms with Crippen LogP contribution in [0.4, 0.5) is 4.79 Å². The van der Waals surface area contributed by atoms with E-state index < -0.39 is 21.8 Å². The molecule has 1 aromatic carbocycles. The summed E-state index contributed by atoms with van der Waals surface area (Å²) in [5.41, 5.74) is 0.974. The zero-order valence-electron chi connectivity index (χ0n) is 9.76. The summed E-state index contributed by atoms with van der Waals surface area (Å²) >= 11 is 0. The predicted octanol–water partition coefficient (Wildman–Crippen LogP) is 1.47. The Morgan fingerprint density at radius 2 is 1.88 bits per heavy atom. The molecule has 1 rings (SSSR count). The SMILES string of the molecule is CCOC(=O)NCS(=O)(=O)c1ccc(C)cc1. The van der Waals surface area contributed by atoms with Crippen LogP contribution in [0.25, 0.3) is 0 Å². The summed E-state index contributed by atoms with van der Waals surface area (Å²) in [5, 5.41) is 2.19. The number of alkyl carbamates (subject to hydrolysis) is 1. The van der Waals surface area contributed by atoms with E-state index in [4.69, 9.17) is 0 Å². The number of hydrogen-bond acceptors (Lipinski definition) is 4. The lowest BCUT2D eigenvalue weighted by atomic mass is 10.2. The number of ether oxygens (including phenoxy) is 1. The Morgan fingerprint density at radius 3 is 2.41 bits per heavy atom. The maximum absolute atomic E-state index is 11.8. The van der Waals surface area contributed by atoms with Crippen LogP contribution < -0.4 is 5.32 Å². The fourth-order valence-corrected chi connectivity index (χ4v) is 2.19. The van der Waals surface area contributed by atoms with Crippen LogP contribution in [0.15, 0.2) is 29.2 Å². The molecule has 17 heavy (non-hydrogen) atoms.